The molecular weight excluding hydrogens is 475 g/mol. The van der Waals surface area contributed by atoms with Crippen molar-refractivity contribution >= 4 is 0 Å². The zero-order chi connectivity index (χ0) is 25.9. The number of benzene rings is 2. The molecule has 11 heteroatoms. The van der Waals surface area contributed by atoms with Gasteiger partial charge in [0.05, 0.1) is 29.7 Å². The Kier molecular flexibility index (Phi) is 7.59. The SMILES string of the molecule is C[C@@](O)(CO)[C@H]1CCCN(Cc2ccc(-c3cn(-c4ccc(C#N)c(F)c4)nn3)cc2OC(F)F)C1. The van der Waals surface area contributed by atoms with Gasteiger partial charge in [0.25, 0.3) is 0 Å². The van der Waals surface area contributed by atoms with Gasteiger partial charge in [-0.05, 0) is 44.5 Å². The predicted molar refractivity (Wildman–Crippen MR) is 124 cm³/mol. The molecule has 2 atom stereocenters. The van der Waals surface area contributed by atoms with Gasteiger partial charge in [0, 0.05) is 36.2 Å². The van der Waals surface area contributed by atoms with Gasteiger partial charge in [0.15, 0.2) is 0 Å². The highest BCUT2D eigenvalue weighted by molar-refractivity contribution is 5.62. The zero-order valence-electron chi connectivity index (χ0n) is 19.6. The Hall–Kier alpha value is -3.46. The average Bonchev–Trinajstić information content (AvgIpc) is 3.35. The smallest absolute Gasteiger partial charge is 0.387 e. The number of alkyl halides is 2. The van der Waals surface area contributed by atoms with Gasteiger partial charge < -0.3 is 14.9 Å². The monoisotopic (exact) mass is 501 g/mol. The molecule has 3 aromatic rings. The van der Waals surface area contributed by atoms with E-state index < -0.39 is 18.0 Å². The van der Waals surface area contributed by atoms with Crippen LogP contribution in [0.4, 0.5) is 13.2 Å². The topological polar surface area (TPSA) is 107 Å². The molecule has 36 heavy (non-hydrogen) atoms. The lowest BCUT2D eigenvalue weighted by Gasteiger charge is -2.39. The summed E-state index contributed by atoms with van der Waals surface area (Å²) in [6, 6.07) is 10.6. The molecule has 0 radical (unpaired) electrons. The van der Waals surface area contributed by atoms with Crippen molar-refractivity contribution in [3.05, 3.63) is 59.5 Å². The minimum absolute atomic E-state index is 0.00231. The minimum atomic E-state index is -3.03. The molecule has 1 aromatic heterocycles. The highest BCUT2D eigenvalue weighted by atomic mass is 19.3. The molecule has 1 saturated heterocycles. The number of aliphatic hydroxyl groups is 2. The van der Waals surface area contributed by atoms with E-state index in [-0.39, 0.29) is 23.8 Å². The van der Waals surface area contributed by atoms with Gasteiger partial charge in [-0.25, -0.2) is 9.07 Å². The largest absolute Gasteiger partial charge is 0.434 e. The Labute approximate surface area is 206 Å². The molecule has 1 aliphatic rings. The first-order valence-electron chi connectivity index (χ1n) is 11.5. The summed E-state index contributed by atoms with van der Waals surface area (Å²) in [5.74, 6) is -0.834. The third kappa shape index (κ3) is 5.67. The summed E-state index contributed by atoms with van der Waals surface area (Å²) in [5, 5.41) is 36.9. The van der Waals surface area contributed by atoms with Crippen LogP contribution >= 0.6 is 0 Å². The molecule has 0 unspecified atom stereocenters. The summed E-state index contributed by atoms with van der Waals surface area (Å²) < 4.78 is 46.5. The van der Waals surface area contributed by atoms with Crippen LogP contribution in [0, 0.1) is 23.1 Å². The van der Waals surface area contributed by atoms with Crippen molar-refractivity contribution in [2.45, 2.75) is 38.5 Å². The quantitative estimate of drug-likeness (QED) is 0.487. The van der Waals surface area contributed by atoms with Crippen molar-refractivity contribution in [1.82, 2.24) is 19.9 Å². The normalized spacial score (nSPS) is 18.1. The molecular formula is C25H26F3N5O3. The number of rotatable bonds is 8. The third-order valence-corrected chi connectivity index (χ3v) is 6.51. The van der Waals surface area contributed by atoms with Gasteiger partial charge in [0.1, 0.15) is 23.3 Å². The molecule has 2 heterocycles. The van der Waals surface area contributed by atoms with Crippen molar-refractivity contribution in [1.29, 1.82) is 5.26 Å². The van der Waals surface area contributed by atoms with Gasteiger partial charge >= 0.3 is 6.61 Å². The Balaban J connectivity index is 1.57. The lowest BCUT2D eigenvalue weighted by atomic mass is 9.83. The second kappa shape index (κ2) is 10.7. The maximum atomic E-state index is 14.0. The predicted octanol–water partition coefficient (Wildman–Crippen LogP) is 3.50. The van der Waals surface area contributed by atoms with Crippen molar-refractivity contribution in [3.63, 3.8) is 0 Å². The van der Waals surface area contributed by atoms with Crippen LogP contribution in [-0.2, 0) is 6.54 Å². The first-order valence-corrected chi connectivity index (χ1v) is 11.5. The summed E-state index contributed by atoms with van der Waals surface area (Å²) in [6.45, 7) is -0.212. The van der Waals surface area contributed by atoms with Crippen LogP contribution in [0.2, 0.25) is 0 Å². The highest BCUT2D eigenvalue weighted by Crippen LogP contribution is 2.32. The molecule has 2 aromatic carbocycles. The second-order valence-electron chi connectivity index (χ2n) is 9.11. The molecule has 1 fully saturated rings. The van der Waals surface area contributed by atoms with Crippen molar-refractivity contribution in [3.8, 4) is 28.8 Å². The van der Waals surface area contributed by atoms with E-state index in [2.05, 4.69) is 10.3 Å². The Bertz CT molecular complexity index is 1260. The number of likely N-dealkylation sites (tertiary alicyclic amines) is 1. The molecule has 190 valence electrons. The molecule has 0 bridgehead atoms. The van der Waals surface area contributed by atoms with Crippen molar-refractivity contribution < 1.29 is 28.1 Å². The van der Waals surface area contributed by atoms with Crippen LogP contribution in [0.5, 0.6) is 5.75 Å². The lowest BCUT2D eigenvalue weighted by Crippen LogP contribution is -2.47. The van der Waals surface area contributed by atoms with Gasteiger partial charge in [-0.3, -0.25) is 4.90 Å². The van der Waals surface area contributed by atoms with Crippen LogP contribution in [0.1, 0.15) is 30.9 Å². The van der Waals surface area contributed by atoms with E-state index in [4.69, 9.17) is 10.00 Å². The number of halogens is 3. The van der Waals surface area contributed by atoms with E-state index in [0.717, 1.165) is 25.5 Å². The molecule has 1 aliphatic heterocycles. The van der Waals surface area contributed by atoms with E-state index in [1.165, 1.54) is 29.1 Å². The summed E-state index contributed by atoms with van der Waals surface area (Å²) >= 11 is 0. The fourth-order valence-electron chi connectivity index (χ4n) is 4.39. The van der Waals surface area contributed by atoms with E-state index >= 15 is 0 Å². The van der Waals surface area contributed by atoms with Crippen molar-refractivity contribution in [2.75, 3.05) is 19.7 Å². The molecule has 0 saturated carbocycles. The lowest BCUT2D eigenvalue weighted by molar-refractivity contribution is -0.0702. The molecule has 0 amide bonds. The van der Waals surface area contributed by atoms with Gasteiger partial charge in [-0.15, -0.1) is 5.10 Å². The maximum Gasteiger partial charge on any atom is 0.387 e. The number of hydrogen-bond acceptors (Lipinski definition) is 7. The highest BCUT2D eigenvalue weighted by Gasteiger charge is 2.34. The standard InChI is InChI=1S/C25H26F3N5O3/c1-25(35,15-34)19-3-2-8-32(13-19)12-18-5-4-16(9-23(18)36-24(27)28)22-14-33(31-30-22)20-7-6-17(11-29)21(26)10-20/h4-7,9-10,14,19,24,34-35H,2-3,8,12-13,15H2,1H3/t19-,25+/m0/s1. The number of nitriles is 1. The summed E-state index contributed by atoms with van der Waals surface area (Å²) in [5.41, 5.74) is 0.434. The number of piperidine rings is 1. The number of aliphatic hydroxyl groups excluding tert-OH is 1. The fraction of sp³-hybridized carbons (Fsp3) is 0.400. The first kappa shape index (κ1) is 25.6. The Morgan fingerprint density at radius 2 is 2.08 bits per heavy atom. The molecule has 0 spiro atoms. The van der Waals surface area contributed by atoms with Crippen LogP contribution < -0.4 is 4.74 Å². The number of ether oxygens (including phenoxy) is 1. The summed E-state index contributed by atoms with van der Waals surface area (Å²) in [7, 11) is 0. The first-order chi connectivity index (χ1) is 17.2. The fourth-order valence-corrected chi connectivity index (χ4v) is 4.39. The van der Waals surface area contributed by atoms with E-state index in [1.807, 2.05) is 4.90 Å². The Morgan fingerprint density at radius 1 is 1.28 bits per heavy atom. The minimum Gasteiger partial charge on any atom is -0.434 e. The van der Waals surface area contributed by atoms with Crippen molar-refractivity contribution in [2.24, 2.45) is 5.92 Å². The van der Waals surface area contributed by atoms with Crippen LogP contribution in [-0.4, -0.2) is 62.0 Å². The van der Waals surface area contributed by atoms with Crippen LogP contribution in [0.3, 0.4) is 0 Å². The average molecular weight is 502 g/mol. The number of hydrogen-bond donors (Lipinski definition) is 2. The zero-order valence-corrected chi connectivity index (χ0v) is 19.6. The van der Waals surface area contributed by atoms with Crippen LogP contribution in [0.15, 0.2) is 42.6 Å². The molecule has 2 N–H and O–H groups in total. The van der Waals surface area contributed by atoms with Gasteiger partial charge in [-0.2, -0.15) is 14.0 Å². The third-order valence-electron chi connectivity index (χ3n) is 6.51. The maximum absolute atomic E-state index is 14.0. The van der Waals surface area contributed by atoms with Gasteiger partial charge in [0.2, 0.25) is 0 Å². The van der Waals surface area contributed by atoms with Crippen LogP contribution in [0.25, 0.3) is 16.9 Å². The number of nitrogens with zero attached hydrogens (tertiary/aromatic N) is 5. The Morgan fingerprint density at radius 3 is 2.78 bits per heavy atom. The summed E-state index contributed by atoms with van der Waals surface area (Å²) in [4.78, 5) is 2.04. The second-order valence-corrected chi connectivity index (χ2v) is 9.11. The van der Waals surface area contributed by atoms with E-state index in [9.17, 15) is 23.4 Å². The molecule has 4 rings (SSSR count). The van der Waals surface area contributed by atoms with E-state index in [1.54, 1.807) is 25.1 Å². The molecule has 0 aliphatic carbocycles. The van der Waals surface area contributed by atoms with E-state index in [0.29, 0.717) is 35.6 Å². The molecule has 8 nitrogen and oxygen atoms in total. The van der Waals surface area contributed by atoms with Gasteiger partial charge in [-0.1, -0.05) is 17.3 Å². The summed E-state index contributed by atoms with van der Waals surface area (Å²) in [6.07, 6.45) is 3.10. The number of aromatic nitrogens is 3.